The molecule has 0 fully saturated rings. The molecule has 0 saturated heterocycles. The number of rotatable bonds is 6. The fraction of sp³-hybridized carbons (Fsp3) is 0.714. The first-order valence-electron chi connectivity index (χ1n) is 7.00. The Labute approximate surface area is 120 Å². The van der Waals surface area contributed by atoms with E-state index in [1.807, 2.05) is 38.7 Å². The van der Waals surface area contributed by atoms with E-state index >= 15 is 0 Å². The second kappa shape index (κ2) is 7.28. The highest BCUT2D eigenvalue weighted by atomic mass is 16.6. The van der Waals surface area contributed by atoms with Gasteiger partial charge in [-0.25, -0.2) is 4.79 Å². The number of amides is 1. The number of ether oxygens (including phenoxy) is 1. The predicted molar refractivity (Wildman–Crippen MR) is 78.5 cm³/mol. The fourth-order valence-corrected chi connectivity index (χ4v) is 1.82. The van der Waals surface area contributed by atoms with Crippen LogP contribution in [0.3, 0.4) is 0 Å². The van der Waals surface area contributed by atoms with Crippen LogP contribution in [0.15, 0.2) is 6.20 Å². The largest absolute Gasteiger partial charge is 0.444 e. The quantitative estimate of drug-likeness (QED) is 0.778. The standard InChI is InChI=1S/C14H26N4O2/c1-6-12-11(10-18(5)17-12)9-15-7-8-16-13(19)20-14(2,3)4/h10,15H,6-9H2,1-5H3,(H,16,19). The third kappa shape index (κ3) is 6.06. The number of nitrogens with zero attached hydrogens (tertiary/aromatic N) is 2. The lowest BCUT2D eigenvalue weighted by Gasteiger charge is -2.19. The molecule has 0 unspecified atom stereocenters. The van der Waals surface area contributed by atoms with Crippen LogP contribution in [0.2, 0.25) is 0 Å². The summed E-state index contributed by atoms with van der Waals surface area (Å²) in [7, 11) is 1.92. The summed E-state index contributed by atoms with van der Waals surface area (Å²) in [5, 5.41) is 10.4. The lowest BCUT2D eigenvalue weighted by Crippen LogP contribution is -2.36. The van der Waals surface area contributed by atoms with Crippen molar-refractivity contribution < 1.29 is 9.53 Å². The number of alkyl carbamates (subject to hydrolysis) is 1. The zero-order chi connectivity index (χ0) is 15.2. The van der Waals surface area contributed by atoms with Crippen LogP contribution in [-0.2, 0) is 24.8 Å². The second-order valence-corrected chi connectivity index (χ2v) is 5.73. The molecular weight excluding hydrogens is 256 g/mol. The van der Waals surface area contributed by atoms with Gasteiger partial charge in [0.25, 0.3) is 0 Å². The van der Waals surface area contributed by atoms with Gasteiger partial charge in [0.2, 0.25) is 0 Å². The molecule has 20 heavy (non-hydrogen) atoms. The van der Waals surface area contributed by atoms with E-state index in [-0.39, 0.29) is 6.09 Å². The maximum absolute atomic E-state index is 11.4. The Morgan fingerprint density at radius 1 is 1.40 bits per heavy atom. The Morgan fingerprint density at radius 2 is 2.10 bits per heavy atom. The van der Waals surface area contributed by atoms with Crippen LogP contribution in [0.25, 0.3) is 0 Å². The molecule has 1 rings (SSSR count). The fourth-order valence-electron chi connectivity index (χ4n) is 1.82. The molecule has 1 aromatic rings. The minimum atomic E-state index is -0.455. The number of carbonyl (C=O) groups excluding carboxylic acids is 1. The third-order valence-corrected chi connectivity index (χ3v) is 2.61. The molecule has 1 heterocycles. The Balaban J connectivity index is 2.20. The number of aryl methyl sites for hydroxylation is 2. The summed E-state index contributed by atoms with van der Waals surface area (Å²) in [5.74, 6) is 0. The molecule has 1 aromatic heterocycles. The Bertz CT molecular complexity index is 435. The van der Waals surface area contributed by atoms with Crippen LogP contribution in [0.4, 0.5) is 4.79 Å². The molecule has 0 aliphatic heterocycles. The summed E-state index contributed by atoms with van der Waals surface area (Å²) in [6.45, 7) is 9.62. The smallest absolute Gasteiger partial charge is 0.407 e. The molecule has 0 aliphatic rings. The number of nitrogens with one attached hydrogen (secondary N) is 2. The van der Waals surface area contributed by atoms with E-state index in [1.165, 1.54) is 5.56 Å². The number of aromatic nitrogens is 2. The van der Waals surface area contributed by atoms with Gasteiger partial charge in [-0.15, -0.1) is 0 Å². The summed E-state index contributed by atoms with van der Waals surface area (Å²) in [6, 6.07) is 0. The van der Waals surface area contributed by atoms with Gasteiger partial charge in [0.15, 0.2) is 0 Å². The highest BCUT2D eigenvalue weighted by Gasteiger charge is 2.15. The molecule has 0 radical (unpaired) electrons. The number of hydrogen-bond donors (Lipinski definition) is 2. The van der Waals surface area contributed by atoms with Crippen LogP contribution >= 0.6 is 0 Å². The summed E-state index contributed by atoms with van der Waals surface area (Å²) in [5.41, 5.74) is 1.86. The molecule has 1 amide bonds. The molecule has 6 nitrogen and oxygen atoms in total. The summed E-state index contributed by atoms with van der Waals surface area (Å²) in [4.78, 5) is 11.4. The molecule has 0 aliphatic carbocycles. The van der Waals surface area contributed by atoms with Gasteiger partial charge in [-0.3, -0.25) is 4.68 Å². The van der Waals surface area contributed by atoms with Crippen molar-refractivity contribution in [3.8, 4) is 0 Å². The molecule has 0 bridgehead atoms. The van der Waals surface area contributed by atoms with E-state index in [0.717, 1.165) is 18.7 Å². The third-order valence-electron chi connectivity index (χ3n) is 2.61. The van der Waals surface area contributed by atoms with Crippen LogP contribution in [0, 0.1) is 0 Å². The van der Waals surface area contributed by atoms with E-state index in [0.29, 0.717) is 13.1 Å². The Morgan fingerprint density at radius 3 is 2.70 bits per heavy atom. The van der Waals surface area contributed by atoms with Gasteiger partial charge in [-0.1, -0.05) is 6.92 Å². The lowest BCUT2D eigenvalue weighted by atomic mass is 10.2. The lowest BCUT2D eigenvalue weighted by molar-refractivity contribution is 0.0528. The first-order chi connectivity index (χ1) is 9.31. The highest BCUT2D eigenvalue weighted by molar-refractivity contribution is 5.67. The van der Waals surface area contributed by atoms with Gasteiger partial charge in [-0.2, -0.15) is 5.10 Å². The first-order valence-corrected chi connectivity index (χ1v) is 7.00. The van der Waals surface area contributed by atoms with E-state index in [1.54, 1.807) is 0 Å². The SMILES string of the molecule is CCc1nn(C)cc1CNCCNC(=O)OC(C)(C)C. The van der Waals surface area contributed by atoms with Gasteiger partial charge in [0.1, 0.15) is 5.60 Å². The summed E-state index contributed by atoms with van der Waals surface area (Å²) in [6.07, 6.45) is 2.57. The maximum Gasteiger partial charge on any atom is 0.407 e. The van der Waals surface area contributed by atoms with E-state index < -0.39 is 5.60 Å². The molecule has 0 aromatic carbocycles. The van der Waals surface area contributed by atoms with Gasteiger partial charge < -0.3 is 15.4 Å². The minimum Gasteiger partial charge on any atom is -0.444 e. The van der Waals surface area contributed by atoms with Crippen molar-refractivity contribution in [2.75, 3.05) is 13.1 Å². The zero-order valence-electron chi connectivity index (χ0n) is 13.1. The van der Waals surface area contributed by atoms with Crippen molar-refractivity contribution in [3.05, 3.63) is 17.5 Å². The zero-order valence-corrected chi connectivity index (χ0v) is 13.1. The van der Waals surface area contributed by atoms with Crippen molar-refractivity contribution in [1.29, 1.82) is 0 Å². The normalized spacial score (nSPS) is 11.4. The van der Waals surface area contributed by atoms with Gasteiger partial charge >= 0.3 is 6.09 Å². The van der Waals surface area contributed by atoms with Crippen molar-refractivity contribution in [3.63, 3.8) is 0 Å². The molecule has 6 heteroatoms. The molecule has 0 spiro atoms. The van der Waals surface area contributed by atoms with Gasteiger partial charge in [0.05, 0.1) is 5.69 Å². The van der Waals surface area contributed by atoms with E-state index in [4.69, 9.17) is 4.74 Å². The average molecular weight is 282 g/mol. The van der Waals surface area contributed by atoms with Crippen LogP contribution in [0.5, 0.6) is 0 Å². The Hall–Kier alpha value is -1.56. The van der Waals surface area contributed by atoms with Crippen LogP contribution in [-0.4, -0.2) is 34.6 Å². The molecular formula is C14H26N4O2. The maximum atomic E-state index is 11.4. The number of hydrogen-bond acceptors (Lipinski definition) is 4. The van der Waals surface area contributed by atoms with Gasteiger partial charge in [0, 0.05) is 38.4 Å². The first kappa shape index (κ1) is 16.5. The summed E-state index contributed by atoms with van der Waals surface area (Å²) >= 11 is 0. The molecule has 0 saturated carbocycles. The predicted octanol–water partition coefficient (Wildman–Crippen LogP) is 1.60. The summed E-state index contributed by atoms with van der Waals surface area (Å²) < 4.78 is 6.98. The van der Waals surface area contributed by atoms with Crippen LogP contribution in [0.1, 0.15) is 39.0 Å². The van der Waals surface area contributed by atoms with Crippen molar-refractivity contribution in [2.24, 2.45) is 7.05 Å². The van der Waals surface area contributed by atoms with E-state index in [9.17, 15) is 4.79 Å². The Kier molecular flexibility index (Phi) is 6.01. The topological polar surface area (TPSA) is 68.2 Å². The van der Waals surface area contributed by atoms with Crippen molar-refractivity contribution in [1.82, 2.24) is 20.4 Å². The highest BCUT2D eigenvalue weighted by Crippen LogP contribution is 2.07. The average Bonchev–Trinajstić information content (AvgIpc) is 2.67. The minimum absolute atomic E-state index is 0.380. The van der Waals surface area contributed by atoms with Gasteiger partial charge in [-0.05, 0) is 27.2 Å². The van der Waals surface area contributed by atoms with Crippen LogP contribution < -0.4 is 10.6 Å². The van der Waals surface area contributed by atoms with Crippen molar-refractivity contribution >= 4 is 6.09 Å². The van der Waals surface area contributed by atoms with Crippen molar-refractivity contribution in [2.45, 2.75) is 46.3 Å². The number of carbonyl (C=O) groups is 1. The second-order valence-electron chi connectivity index (χ2n) is 5.73. The molecule has 0 atom stereocenters. The molecule has 114 valence electrons. The monoisotopic (exact) mass is 282 g/mol. The molecule has 2 N–H and O–H groups in total. The van der Waals surface area contributed by atoms with E-state index in [2.05, 4.69) is 22.7 Å².